The first-order chi connectivity index (χ1) is 9.11. The second kappa shape index (κ2) is 6.48. The van der Waals surface area contributed by atoms with Gasteiger partial charge in [-0.2, -0.15) is 0 Å². The molecule has 104 valence electrons. The van der Waals surface area contributed by atoms with Crippen LogP contribution < -0.4 is 0 Å². The van der Waals surface area contributed by atoms with Crippen LogP contribution in [-0.4, -0.2) is 52.9 Å². The van der Waals surface area contributed by atoms with Gasteiger partial charge in [0.15, 0.2) is 0 Å². The van der Waals surface area contributed by atoms with E-state index in [1.165, 1.54) is 0 Å². The highest BCUT2D eigenvalue weighted by molar-refractivity contribution is 9.10. The number of aromatic nitrogens is 1. The van der Waals surface area contributed by atoms with Crippen LogP contribution in [-0.2, 0) is 0 Å². The molecular weight excluding hydrogens is 306 g/mol. The lowest BCUT2D eigenvalue weighted by Gasteiger charge is -2.37. The Balaban J connectivity index is 1.96. The molecule has 2 rings (SSSR count). The molecule has 0 N–H and O–H groups in total. The van der Waals surface area contributed by atoms with Crippen molar-refractivity contribution in [3.05, 3.63) is 28.5 Å². The van der Waals surface area contributed by atoms with Crippen molar-refractivity contribution in [3.63, 3.8) is 0 Å². The number of pyridine rings is 1. The molecule has 4 nitrogen and oxygen atoms in total. The van der Waals surface area contributed by atoms with E-state index in [4.69, 9.17) is 0 Å². The van der Waals surface area contributed by atoms with Crippen molar-refractivity contribution in [2.24, 2.45) is 0 Å². The third kappa shape index (κ3) is 3.54. The summed E-state index contributed by atoms with van der Waals surface area (Å²) in [5.74, 6) is 0.0325. The standard InChI is InChI=1S/C14H20BrN3O/c1-3-11(2)17-7-9-18(10-8-17)14(19)12-5-4-6-13(15)16-12/h4-6,11H,3,7-10H2,1-2H3. The molecule has 0 bridgehead atoms. The minimum Gasteiger partial charge on any atom is -0.335 e. The molecule has 1 aromatic rings. The first kappa shape index (κ1) is 14.5. The number of amides is 1. The molecule has 1 aliphatic heterocycles. The van der Waals surface area contributed by atoms with Gasteiger partial charge in [0.05, 0.1) is 0 Å². The van der Waals surface area contributed by atoms with E-state index in [9.17, 15) is 4.79 Å². The molecule has 1 amide bonds. The quantitative estimate of drug-likeness (QED) is 0.801. The van der Waals surface area contributed by atoms with Crippen molar-refractivity contribution in [3.8, 4) is 0 Å². The lowest BCUT2D eigenvalue weighted by molar-refractivity contribution is 0.0574. The van der Waals surface area contributed by atoms with Crippen LogP contribution in [0.4, 0.5) is 0 Å². The summed E-state index contributed by atoms with van der Waals surface area (Å²) in [5, 5.41) is 0. The third-order valence-electron chi connectivity index (χ3n) is 3.75. The molecule has 0 aliphatic carbocycles. The van der Waals surface area contributed by atoms with Crippen LogP contribution in [0.2, 0.25) is 0 Å². The Morgan fingerprint density at radius 2 is 2.05 bits per heavy atom. The van der Waals surface area contributed by atoms with Crippen LogP contribution in [0, 0.1) is 0 Å². The zero-order valence-electron chi connectivity index (χ0n) is 11.5. The number of piperazine rings is 1. The van der Waals surface area contributed by atoms with Crippen molar-refractivity contribution in [2.45, 2.75) is 26.3 Å². The lowest BCUT2D eigenvalue weighted by atomic mass is 10.2. The largest absolute Gasteiger partial charge is 0.335 e. The zero-order chi connectivity index (χ0) is 13.8. The summed E-state index contributed by atoms with van der Waals surface area (Å²) in [6, 6.07) is 6.05. The average Bonchev–Trinajstić information content (AvgIpc) is 2.46. The molecule has 1 atom stereocenters. The van der Waals surface area contributed by atoms with E-state index in [0.717, 1.165) is 32.6 Å². The fraction of sp³-hybridized carbons (Fsp3) is 0.571. The molecule has 0 aromatic carbocycles. The van der Waals surface area contributed by atoms with Gasteiger partial charge >= 0.3 is 0 Å². The first-order valence-corrected chi connectivity index (χ1v) is 7.57. The number of carbonyl (C=O) groups is 1. The van der Waals surface area contributed by atoms with E-state index in [1.54, 1.807) is 6.07 Å². The summed E-state index contributed by atoms with van der Waals surface area (Å²) >= 11 is 3.30. The molecule has 19 heavy (non-hydrogen) atoms. The van der Waals surface area contributed by atoms with Gasteiger partial charge in [0.25, 0.3) is 5.91 Å². The SMILES string of the molecule is CCC(C)N1CCN(C(=O)c2cccc(Br)n2)CC1. The van der Waals surface area contributed by atoms with E-state index in [0.29, 0.717) is 16.3 Å². The number of halogens is 1. The predicted molar refractivity (Wildman–Crippen MR) is 79.2 cm³/mol. The third-order valence-corrected chi connectivity index (χ3v) is 4.19. The van der Waals surface area contributed by atoms with Crippen LogP contribution in [0.3, 0.4) is 0 Å². The highest BCUT2D eigenvalue weighted by Crippen LogP contribution is 2.13. The van der Waals surface area contributed by atoms with Crippen molar-refractivity contribution in [2.75, 3.05) is 26.2 Å². The minimum atomic E-state index is 0.0325. The smallest absolute Gasteiger partial charge is 0.272 e. The molecule has 1 fully saturated rings. The summed E-state index contributed by atoms with van der Waals surface area (Å²) in [7, 11) is 0. The Kier molecular flexibility index (Phi) is 4.93. The molecule has 0 saturated carbocycles. The molecule has 2 heterocycles. The molecular formula is C14H20BrN3O. The van der Waals surface area contributed by atoms with Crippen molar-refractivity contribution in [1.29, 1.82) is 0 Å². The van der Waals surface area contributed by atoms with Crippen LogP contribution in [0.25, 0.3) is 0 Å². The van der Waals surface area contributed by atoms with Gasteiger partial charge in [0, 0.05) is 32.2 Å². The van der Waals surface area contributed by atoms with Crippen LogP contribution >= 0.6 is 15.9 Å². The van der Waals surface area contributed by atoms with Gasteiger partial charge in [0.2, 0.25) is 0 Å². The Labute approximate surface area is 122 Å². The molecule has 1 aromatic heterocycles. The van der Waals surface area contributed by atoms with Crippen LogP contribution in [0.5, 0.6) is 0 Å². The number of hydrogen-bond donors (Lipinski definition) is 0. The molecule has 1 unspecified atom stereocenters. The predicted octanol–water partition coefficient (Wildman–Crippen LogP) is 2.40. The average molecular weight is 326 g/mol. The van der Waals surface area contributed by atoms with Crippen LogP contribution in [0.15, 0.2) is 22.8 Å². The monoisotopic (exact) mass is 325 g/mol. The van der Waals surface area contributed by atoms with Gasteiger partial charge in [-0.3, -0.25) is 9.69 Å². The van der Waals surface area contributed by atoms with Gasteiger partial charge in [-0.1, -0.05) is 13.0 Å². The van der Waals surface area contributed by atoms with Crippen molar-refractivity contribution >= 4 is 21.8 Å². The summed E-state index contributed by atoms with van der Waals surface area (Å²) in [5.41, 5.74) is 0.520. The van der Waals surface area contributed by atoms with E-state index in [2.05, 4.69) is 39.7 Å². The van der Waals surface area contributed by atoms with Crippen molar-refractivity contribution < 1.29 is 4.79 Å². The Morgan fingerprint density at radius 1 is 1.37 bits per heavy atom. The Hall–Kier alpha value is -0.940. The number of nitrogens with zero attached hydrogens (tertiary/aromatic N) is 3. The minimum absolute atomic E-state index is 0.0325. The first-order valence-electron chi connectivity index (χ1n) is 6.77. The van der Waals surface area contributed by atoms with Gasteiger partial charge in [-0.25, -0.2) is 4.98 Å². The summed E-state index contributed by atoms with van der Waals surface area (Å²) in [4.78, 5) is 20.9. The Morgan fingerprint density at radius 3 is 2.63 bits per heavy atom. The van der Waals surface area contributed by atoms with E-state index in [-0.39, 0.29) is 5.91 Å². The van der Waals surface area contributed by atoms with Crippen molar-refractivity contribution in [1.82, 2.24) is 14.8 Å². The maximum absolute atomic E-state index is 12.3. The van der Waals surface area contributed by atoms with E-state index >= 15 is 0 Å². The zero-order valence-corrected chi connectivity index (χ0v) is 13.1. The highest BCUT2D eigenvalue weighted by atomic mass is 79.9. The topological polar surface area (TPSA) is 36.4 Å². The lowest BCUT2D eigenvalue weighted by Crippen LogP contribution is -2.51. The fourth-order valence-electron chi connectivity index (χ4n) is 2.31. The van der Waals surface area contributed by atoms with Gasteiger partial charge in [-0.15, -0.1) is 0 Å². The van der Waals surface area contributed by atoms with E-state index < -0.39 is 0 Å². The van der Waals surface area contributed by atoms with E-state index in [1.807, 2.05) is 17.0 Å². The number of hydrogen-bond acceptors (Lipinski definition) is 3. The number of rotatable bonds is 3. The Bertz CT molecular complexity index is 444. The molecule has 0 spiro atoms. The normalized spacial score (nSPS) is 18.4. The second-order valence-corrected chi connectivity index (χ2v) is 5.74. The number of carbonyl (C=O) groups excluding carboxylic acids is 1. The molecule has 5 heteroatoms. The molecule has 1 aliphatic rings. The molecule has 1 saturated heterocycles. The van der Waals surface area contributed by atoms with Gasteiger partial charge < -0.3 is 4.90 Å². The fourth-order valence-corrected chi connectivity index (χ4v) is 2.66. The maximum Gasteiger partial charge on any atom is 0.272 e. The van der Waals surface area contributed by atoms with Gasteiger partial charge in [-0.05, 0) is 41.4 Å². The second-order valence-electron chi connectivity index (χ2n) is 4.93. The maximum atomic E-state index is 12.3. The summed E-state index contributed by atoms with van der Waals surface area (Å²) < 4.78 is 0.705. The van der Waals surface area contributed by atoms with Gasteiger partial charge in [0.1, 0.15) is 10.3 Å². The highest BCUT2D eigenvalue weighted by Gasteiger charge is 2.24. The summed E-state index contributed by atoms with van der Waals surface area (Å²) in [6.07, 6.45) is 1.15. The van der Waals surface area contributed by atoms with Crippen LogP contribution in [0.1, 0.15) is 30.8 Å². The summed E-state index contributed by atoms with van der Waals surface area (Å²) in [6.45, 7) is 7.93. The molecule has 0 radical (unpaired) electrons.